The number of carbonyl (C=O) groups excluding carboxylic acids is 3. The number of amides is 3. The number of nitrogens with zero attached hydrogens (tertiary/aromatic N) is 2. The topological polar surface area (TPSA) is 99.2 Å². The fraction of sp³-hybridized carbons (Fsp3) is 0.462. The average molecular weight is 712 g/mol. The number of rotatable bonds is 16. The Kier molecular flexibility index (Phi) is 15.3. The number of aryl methyl sites for hydroxylation is 1. The van der Waals surface area contributed by atoms with Crippen molar-refractivity contribution in [3.8, 4) is 0 Å². The van der Waals surface area contributed by atoms with Crippen LogP contribution in [0.3, 0.4) is 0 Å². The monoisotopic (exact) mass is 711 g/mol. The van der Waals surface area contributed by atoms with Crippen molar-refractivity contribution >= 4 is 29.7 Å². The van der Waals surface area contributed by atoms with E-state index in [0.717, 1.165) is 47.3 Å². The van der Waals surface area contributed by atoms with Gasteiger partial charge in [0.25, 0.3) is 11.8 Å². The molecule has 8 nitrogen and oxygen atoms in total. The molecule has 2 N–H and O–H groups in total. The molecule has 11 heteroatoms. The van der Waals surface area contributed by atoms with Gasteiger partial charge in [0, 0.05) is 41.7 Å². The van der Waals surface area contributed by atoms with Gasteiger partial charge in [-0.05, 0) is 112 Å². The summed E-state index contributed by atoms with van der Waals surface area (Å²) >= 11 is 1.66. The molecule has 0 heterocycles. The van der Waals surface area contributed by atoms with Crippen LogP contribution in [-0.2, 0) is 17.7 Å². The van der Waals surface area contributed by atoms with Gasteiger partial charge in [-0.15, -0.1) is 11.8 Å². The van der Waals surface area contributed by atoms with E-state index in [1.165, 1.54) is 11.0 Å². The standard InChI is InChI=1S/C39H51F2N3O5S/c1-8-14-43(15-9-2)37(47)30-17-26(4)16-29(22-30)36(46)42-34(21-28-18-31(40)23-32(41)19-28)35(45)25-44(38(48)49-39(5,6)7)24-27-12-11-13-33(20-27)50-10-3/h11-13,16-20,22-23,34-35,45H,8-10,14-15,21,24-25H2,1-7H3,(H,42,46). The zero-order chi connectivity index (χ0) is 37.0. The lowest BCUT2D eigenvalue weighted by molar-refractivity contribution is 0.00836. The van der Waals surface area contributed by atoms with Crippen molar-refractivity contribution < 1.29 is 33.0 Å². The molecule has 0 radical (unpaired) electrons. The van der Waals surface area contributed by atoms with Crippen LogP contribution in [0, 0.1) is 18.6 Å². The molecule has 0 aromatic heterocycles. The Balaban J connectivity index is 1.97. The number of aliphatic hydroxyl groups is 1. The molecule has 272 valence electrons. The molecule has 2 atom stereocenters. The molecule has 3 aromatic carbocycles. The van der Waals surface area contributed by atoms with E-state index in [-0.39, 0.29) is 36.5 Å². The number of hydrogen-bond acceptors (Lipinski definition) is 6. The molecule has 0 saturated heterocycles. The van der Waals surface area contributed by atoms with Gasteiger partial charge in [-0.25, -0.2) is 13.6 Å². The fourth-order valence-corrected chi connectivity index (χ4v) is 6.34. The summed E-state index contributed by atoms with van der Waals surface area (Å²) in [6, 6.07) is 14.5. The second-order valence-corrected chi connectivity index (χ2v) is 14.8. The van der Waals surface area contributed by atoms with Gasteiger partial charge in [-0.1, -0.05) is 32.9 Å². The van der Waals surface area contributed by atoms with Gasteiger partial charge < -0.3 is 25.0 Å². The van der Waals surface area contributed by atoms with Gasteiger partial charge in [-0.2, -0.15) is 0 Å². The quantitative estimate of drug-likeness (QED) is 0.147. The van der Waals surface area contributed by atoms with Crippen molar-refractivity contribution in [3.05, 3.63) is 100 Å². The Hall–Kier alpha value is -3.96. The number of benzene rings is 3. The van der Waals surface area contributed by atoms with Gasteiger partial charge in [0.1, 0.15) is 17.2 Å². The molecule has 0 fully saturated rings. The first kappa shape index (κ1) is 40.5. The summed E-state index contributed by atoms with van der Waals surface area (Å²) in [5.41, 5.74) is 1.44. The Morgan fingerprint density at radius 3 is 2.12 bits per heavy atom. The number of thioether (sulfide) groups is 1. The fourth-order valence-electron chi connectivity index (χ4n) is 5.60. The summed E-state index contributed by atoms with van der Waals surface area (Å²) in [6.45, 7) is 14.0. The smallest absolute Gasteiger partial charge is 0.410 e. The van der Waals surface area contributed by atoms with Crippen molar-refractivity contribution in [1.82, 2.24) is 15.1 Å². The molecule has 3 aromatic rings. The number of nitrogens with one attached hydrogen (secondary N) is 1. The first-order valence-corrected chi connectivity index (χ1v) is 18.1. The lowest BCUT2D eigenvalue weighted by Gasteiger charge is -2.32. The number of carbonyl (C=O) groups is 3. The molecule has 50 heavy (non-hydrogen) atoms. The summed E-state index contributed by atoms with van der Waals surface area (Å²) in [6.07, 6.45) is -0.632. The van der Waals surface area contributed by atoms with Crippen molar-refractivity contribution in [2.75, 3.05) is 25.4 Å². The van der Waals surface area contributed by atoms with Crippen molar-refractivity contribution in [3.63, 3.8) is 0 Å². The zero-order valence-corrected chi connectivity index (χ0v) is 31.0. The normalized spacial score (nSPS) is 12.6. The maximum absolute atomic E-state index is 14.3. The Bertz CT molecular complexity index is 1590. The van der Waals surface area contributed by atoms with Crippen LogP contribution < -0.4 is 5.32 Å². The molecule has 0 aliphatic carbocycles. The second-order valence-electron chi connectivity index (χ2n) is 13.5. The van der Waals surface area contributed by atoms with Crippen LogP contribution in [0.2, 0.25) is 0 Å². The first-order chi connectivity index (χ1) is 23.6. The van der Waals surface area contributed by atoms with Gasteiger partial charge in [0.15, 0.2) is 0 Å². The van der Waals surface area contributed by atoms with E-state index in [1.54, 1.807) is 56.5 Å². The van der Waals surface area contributed by atoms with Gasteiger partial charge in [-0.3, -0.25) is 9.59 Å². The first-order valence-electron chi connectivity index (χ1n) is 17.2. The van der Waals surface area contributed by atoms with Crippen LogP contribution in [0.4, 0.5) is 13.6 Å². The van der Waals surface area contributed by atoms with E-state index in [9.17, 15) is 28.3 Å². The number of halogens is 2. The third kappa shape index (κ3) is 12.7. The number of aliphatic hydroxyl groups excluding tert-OH is 1. The SMILES string of the molecule is CCCN(CCC)C(=O)c1cc(C)cc(C(=O)NC(Cc2cc(F)cc(F)c2)C(O)CN(Cc2cccc(SCC)c2)C(=O)OC(C)(C)C)c1. The van der Waals surface area contributed by atoms with Crippen LogP contribution in [-0.4, -0.2) is 75.9 Å². The largest absolute Gasteiger partial charge is 0.444 e. The van der Waals surface area contributed by atoms with Crippen molar-refractivity contribution in [2.24, 2.45) is 0 Å². The van der Waals surface area contributed by atoms with Crippen LogP contribution >= 0.6 is 11.8 Å². The number of hydrogen-bond donors (Lipinski definition) is 2. The van der Waals surface area contributed by atoms with E-state index in [4.69, 9.17) is 4.74 Å². The Morgan fingerprint density at radius 2 is 1.52 bits per heavy atom. The minimum Gasteiger partial charge on any atom is -0.444 e. The second kappa shape index (κ2) is 18.9. The van der Waals surface area contributed by atoms with Crippen molar-refractivity contribution in [2.45, 2.75) is 96.9 Å². The van der Waals surface area contributed by atoms with E-state index >= 15 is 0 Å². The molecular formula is C39H51F2N3O5S. The molecule has 0 spiro atoms. The zero-order valence-electron chi connectivity index (χ0n) is 30.2. The lowest BCUT2D eigenvalue weighted by Crippen LogP contribution is -2.51. The molecule has 3 rings (SSSR count). The van der Waals surface area contributed by atoms with E-state index in [2.05, 4.69) is 5.32 Å². The van der Waals surface area contributed by atoms with Crippen molar-refractivity contribution in [1.29, 1.82) is 0 Å². The highest BCUT2D eigenvalue weighted by molar-refractivity contribution is 7.99. The maximum atomic E-state index is 14.3. The number of ether oxygens (including phenoxy) is 1. The highest BCUT2D eigenvalue weighted by atomic mass is 32.2. The minimum atomic E-state index is -1.39. The van der Waals surface area contributed by atoms with E-state index in [1.807, 2.05) is 45.0 Å². The summed E-state index contributed by atoms with van der Waals surface area (Å²) in [7, 11) is 0. The Labute approximate surface area is 299 Å². The molecular weight excluding hydrogens is 661 g/mol. The third-order valence-electron chi connectivity index (χ3n) is 7.66. The van der Waals surface area contributed by atoms with Crippen LogP contribution in [0.15, 0.2) is 65.6 Å². The predicted molar refractivity (Wildman–Crippen MR) is 194 cm³/mol. The van der Waals surface area contributed by atoms with Crippen LogP contribution in [0.25, 0.3) is 0 Å². The minimum absolute atomic E-state index is 0.106. The third-order valence-corrected chi connectivity index (χ3v) is 8.54. The van der Waals surface area contributed by atoms with Gasteiger partial charge in [0.05, 0.1) is 18.7 Å². The van der Waals surface area contributed by atoms with Crippen LogP contribution in [0.1, 0.15) is 91.8 Å². The lowest BCUT2D eigenvalue weighted by atomic mass is 9.99. The maximum Gasteiger partial charge on any atom is 0.410 e. The molecule has 3 amide bonds. The molecule has 0 saturated carbocycles. The predicted octanol–water partition coefficient (Wildman–Crippen LogP) is 7.79. The molecule has 0 aliphatic rings. The van der Waals surface area contributed by atoms with E-state index < -0.39 is 41.4 Å². The Morgan fingerprint density at radius 1 is 0.880 bits per heavy atom. The van der Waals surface area contributed by atoms with Gasteiger partial charge in [0.2, 0.25) is 0 Å². The highest BCUT2D eigenvalue weighted by Gasteiger charge is 2.30. The summed E-state index contributed by atoms with van der Waals surface area (Å²) in [4.78, 5) is 44.8. The average Bonchev–Trinajstić information content (AvgIpc) is 3.02. The van der Waals surface area contributed by atoms with Crippen LogP contribution in [0.5, 0.6) is 0 Å². The highest BCUT2D eigenvalue weighted by Crippen LogP contribution is 2.22. The summed E-state index contributed by atoms with van der Waals surface area (Å²) < 4.78 is 34.2. The van der Waals surface area contributed by atoms with E-state index in [0.29, 0.717) is 24.2 Å². The molecule has 0 bridgehead atoms. The summed E-state index contributed by atoms with van der Waals surface area (Å²) in [5, 5.41) is 14.5. The van der Waals surface area contributed by atoms with Gasteiger partial charge >= 0.3 is 6.09 Å². The molecule has 2 unspecified atom stereocenters. The molecule has 0 aliphatic heterocycles. The summed E-state index contributed by atoms with van der Waals surface area (Å²) in [5.74, 6) is -1.51.